The summed E-state index contributed by atoms with van der Waals surface area (Å²) in [5.74, 6) is 0. The number of hydrogen-bond acceptors (Lipinski definition) is 4. The second kappa shape index (κ2) is 8.11. The molecule has 2 heterocycles. The van der Waals surface area contributed by atoms with Crippen LogP contribution in [0.4, 0.5) is 10.5 Å². The van der Waals surface area contributed by atoms with Crippen molar-refractivity contribution in [1.82, 2.24) is 10.3 Å². The normalized spacial score (nSPS) is 11.8. The maximum Gasteiger partial charge on any atom is 0.319 e. The Hall–Kier alpha value is -2.41. The molecule has 0 aliphatic heterocycles. The number of nitrogens with one attached hydrogen (secondary N) is 2. The van der Waals surface area contributed by atoms with Gasteiger partial charge in [0.2, 0.25) is 0 Å². The molecule has 2 amide bonds. The van der Waals surface area contributed by atoms with Crippen molar-refractivity contribution in [2.75, 3.05) is 11.9 Å². The number of aromatic nitrogens is 1. The van der Waals surface area contributed by atoms with Crippen molar-refractivity contribution >= 4 is 34.7 Å². The number of benzene rings is 1. The lowest BCUT2D eigenvalue weighted by Gasteiger charge is -2.15. The zero-order valence-electron chi connectivity index (χ0n) is 13.1. The van der Waals surface area contributed by atoms with Gasteiger partial charge in [-0.3, -0.25) is 4.98 Å². The van der Waals surface area contributed by atoms with E-state index in [2.05, 4.69) is 15.6 Å². The van der Waals surface area contributed by atoms with Gasteiger partial charge in [0.1, 0.15) is 0 Å². The van der Waals surface area contributed by atoms with Crippen LogP contribution in [-0.4, -0.2) is 22.7 Å². The molecule has 1 aromatic carbocycles. The van der Waals surface area contributed by atoms with E-state index in [0.717, 1.165) is 16.0 Å². The fraction of sp³-hybridized carbons (Fsp3) is 0.111. The Kier molecular flexibility index (Phi) is 5.65. The Bertz CT molecular complexity index is 837. The number of carbonyl (C=O) groups excluding carboxylic acids is 1. The SMILES string of the molecule is O=C(Nc1ccc(-c2ccncc2)cc1)NC(CO)c1ccc(Cl)s1. The number of aliphatic hydroxyl groups excluding tert-OH is 1. The lowest BCUT2D eigenvalue weighted by Crippen LogP contribution is -2.33. The average molecular weight is 374 g/mol. The van der Waals surface area contributed by atoms with E-state index < -0.39 is 6.04 Å². The van der Waals surface area contributed by atoms with Crippen LogP contribution < -0.4 is 10.6 Å². The van der Waals surface area contributed by atoms with Crippen LogP contribution in [0, 0.1) is 0 Å². The number of hydrogen-bond donors (Lipinski definition) is 3. The van der Waals surface area contributed by atoms with Crippen LogP contribution in [0.1, 0.15) is 10.9 Å². The quantitative estimate of drug-likeness (QED) is 0.623. The molecule has 0 fully saturated rings. The molecule has 3 aromatic rings. The fourth-order valence-corrected chi connectivity index (χ4v) is 3.44. The van der Waals surface area contributed by atoms with Gasteiger partial charge in [-0.1, -0.05) is 23.7 Å². The van der Waals surface area contributed by atoms with E-state index >= 15 is 0 Å². The van der Waals surface area contributed by atoms with Gasteiger partial charge in [0.25, 0.3) is 0 Å². The molecule has 128 valence electrons. The summed E-state index contributed by atoms with van der Waals surface area (Å²) in [6.07, 6.45) is 3.47. The van der Waals surface area contributed by atoms with Gasteiger partial charge in [-0.2, -0.15) is 0 Å². The van der Waals surface area contributed by atoms with Crippen LogP contribution in [0.3, 0.4) is 0 Å². The largest absolute Gasteiger partial charge is 0.394 e. The van der Waals surface area contributed by atoms with E-state index in [1.807, 2.05) is 36.4 Å². The maximum absolute atomic E-state index is 12.1. The predicted octanol–water partition coefficient (Wildman–Crippen LogP) is 4.32. The third-order valence-corrected chi connectivity index (χ3v) is 4.93. The molecule has 25 heavy (non-hydrogen) atoms. The van der Waals surface area contributed by atoms with Crippen molar-refractivity contribution in [1.29, 1.82) is 0 Å². The number of rotatable bonds is 5. The molecule has 3 rings (SSSR count). The summed E-state index contributed by atoms with van der Waals surface area (Å²) in [7, 11) is 0. The third-order valence-electron chi connectivity index (χ3n) is 3.58. The minimum absolute atomic E-state index is 0.203. The van der Waals surface area contributed by atoms with Gasteiger partial charge >= 0.3 is 6.03 Å². The van der Waals surface area contributed by atoms with E-state index in [-0.39, 0.29) is 12.6 Å². The Morgan fingerprint density at radius 2 is 1.76 bits per heavy atom. The third kappa shape index (κ3) is 4.57. The minimum atomic E-state index is -0.492. The number of nitrogens with zero attached hydrogens (tertiary/aromatic N) is 1. The highest BCUT2D eigenvalue weighted by atomic mass is 35.5. The van der Waals surface area contributed by atoms with E-state index in [4.69, 9.17) is 11.6 Å². The van der Waals surface area contributed by atoms with E-state index in [1.54, 1.807) is 24.5 Å². The minimum Gasteiger partial charge on any atom is -0.394 e. The zero-order chi connectivity index (χ0) is 17.6. The molecular weight excluding hydrogens is 358 g/mol. The van der Waals surface area contributed by atoms with Crippen LogP contribution >= 0.6 is 22.9 Å². The Balaban J connectivity index is 1.62. The average Bonchev–Trinajstić information content (AvgIpc) is 3.07. The molecule has 0 aliphatic rings. The van der Waals surface area contributed by atoms with E-state index in [0.29, 0.717) is 10.0 Å². The number of halogens is 1. The summed E-state index contributed by atoms with van der Waals surface area (Å²) >= 11 is 7.22. The molecule has 0 saturated carbocycles. The number of amides is 2. The van der Waals surface area contributed by atoms with Crippen molar-refractivity contribution in [2.45, 2.75) is 6.04 Å². The summed E-state index contributed by atoms with van der Waals surface area (Å²) in [6.45, 7) is -0.203. The first kappa shape index (κ1) is 17.4. The molecule has 5 nitrogen and oxygen atoms in total. The summed E-state index contributed by atoms with van der Waals surface area (Å²) in [4.78, 5) is 16.9. The van der Waals surface area contributed by atoms with Gasteiger partial charge in [0.05, 0.1) is 17.0 Å². The van der Waals surface area contributed by atoms with E-state index in [9.17, 15) is 9.90 Å². The number of anilines is 1. The first-order chi connectivity index (χ1) is 12.2. The second-order valence-electron chi connectivity index (χ2n) is 5.29. The van der Waals surface area contributed by atoms with Crippen molar-refractivity contribution in [3.8, 4) is 11.1 Å². The number of urea groups is 1. The van der Waals surface area contributed by atoms with Gasteiger partial charge in [0, 0.05) is 23.0 Å². The number of aliphatic hydroxyl groups is 1. The standard InChI is InChI=1S/C18H16ClN3O2S/c19-17-6-5-16(25-17)15(11-23)22-18(24)21-14-3-1-12(2-4-14)13-7-9-20-10-8-13/h1-10,15,23H,11H2,(H2,21,22,24). The molecule has 0 bridgehead atoms. The second-order valence-corrected chi connectivity index (χ2v) is 7.04. The molecule has 0 spiro atoms. The predicted molar refractivity (Wildman–Crippen MR) is 101 cm³/mol. The summed E-state index contributed by atoms with van der Waals surface area (Å²) in [5.41, 5.74) is 2.76. The Labute approximate surface area is 154 Å². The van der Waals surface area contributed by atoms with Crippen molar-refractivity contribution < 1.29 is 9.90 Å². The lowest BCUT2D eigenvalue weighted by atomic mass is 10.1. The van der Waals surface area contributed by atoms with Gasteiger partial charge < -0.3 is 15.7 Å². The Morgan fingerprint density at radius 1 is 1.08 bits per heavy atom. The van der Waals surface area contributed by atoms with E-state index in [1.165, 1.54) is 11.3 Å². The van der Waals surface area contributed by atoms with Crippen molar-refractivity contribution in [3.05, 3.63) is 70.1 Å². The summed E-state index contributed by atoms with van der Waals surface area (Å²) < 4.78 is 0.613. The monoisotopic (exact) mass is 373 g/mol. The highest BCUT2D eigenvalue weighted by Crippen LogP contribution is 2.27. The van der Waals surface area contributed by atoms with Crippen LogP contribution in [0.15, 0.2) is 60.9 Å². The number of pyridine rings is 1. The molecule has 0 aliphatic carbocycles. The zero-order valence-corrected chi connectivity index (χ0v) is 14.7. The lowest BCUT2D eigenvalue weighted by molar-refractivity contribution is 0.226. The smallest absolute Gasteiger partial charge is 0.319 e. The molecule has 3 N–H and O–H groups in total. The molecule has 0 saturated heterocycles. The molecule has 2 aromatic heterocycles. The van der Waals surface area contributed by atoms with Crippen LogP contribution in [-0.2, 0) is 0 Å². The number of carbonyl (C=O) groups is 1. The first-order valence-corrected chi connectivity index (χ1v) is 8.79. The molecule has 0 radical (unpaired) electrons. The van der Waals surface area contributed by atoms with Crippen molar-refractivity contribution in [3.63, 3.8) is 0 Å². The van der Waals surface area contributed by atoms with Crippen molar-refractivity contribution in [2.24, 2.45) is 0 Å². The Morgan fingerprint density at radius 3 is 2.36 bits per heavy atom. The van der Waals surface area contributed by atoms with Crippen LogP contribution in [0.2, 0.25) is 4.34 Å². The molecule has 1 unspecified atom stereocenters. The van der Waals surface area contributed by atoms with Crippen LogP contribution in [0.5, 0.6) is 0 Å². The molecular formula is C18H16ClN3O2S. The summed E-state index contributed by atoms with van der Waals surface area (Å²) in [6, 6.07) is 14.0. The van der Waals surface area contributed by atoms with Gasteiger partial charge in [-0.25, -0.2) is 4.79 Å². The highest BCUT2D eigenvalue weighted by molar-refractivity contribution is 7.16. The topological polar surface area (TPSA) is 74.2 Å². The van der Waals surface area contributed by atoms with Gasteiger partial charge in [0.15, 0.2) is 0 Å². The highest BCUT2D eigenvalue weighted by Gasteiger charge is 2.15. The molecule has 1 atom stereocenters. The fourth-order valence-electron chi connectivity index (χ4n) is 2.34. The van der Waals surface area contributed by atoms with Crippen LogP contribution in [0.25, 0.3) is 11.1 Å². The summed E-state index contributed by atoms with van der Waals surface area (Å²) in [5, 5.41) is 15.0. The maximum atomic E-state index is 12.1. The molecule has 7 heteroatoms. The van der Waals surface area contributed by atoms with Gasteiger partial charge in [-0.05, 0) is 47.5 Å². The van der Waals surface area contributed by atoms with Gasteiger partial charge in [-0.15, -0.1) is 11.3 Å². The number of thiophene rings is 1. The first-order valence-electron chi connectivity index (χ1n) is 7.60.